The maximum absolute atomic E-state index is 10.0. The van der Waals surface area contributed by atoms with Crippen molar-refractivity contribution in [2.45, 2.75) is 6.42 Å². The van der Waals surface area contributed by atoms with E-state index in [1.54, 1.807) is 18.2 Å². The van der Waals surface area contributed by atoms with Crippen molar-refractivity contribution in [3.63, 3.8) is 0 Å². The second-order valence-electron chi connectivity index (χ2n) is 2.46. The minimum absolute atomic E-state index is 0.137. The van der Waals surface area contributed by atoms with E-state index in [0.717, 1.165) is 6.42 Å². The highest BCUT2D eigenvalue weighted by Gasteiger charge is 1.98. The van der Waals surface area contributed by atoms with Crippen molar-refractivity contribution in [2.75, 3.05) is 13.2 Å². The maximum Gasteiger partial charge on any atom is 0.269 e. The molecule has 0 amide bonds. The predicted molar refractivity (Wildman–Crippen MR) is 53.9 cm³/mol. The first-order valence-electron chi connectivity index (χ1n) is 4.22. The van der Waals surface area contributed by atoms with Crippen LogP contribution in [0.3, 0.4) is 0 Å². The fraction of sp³-hybridized carbons (Fsp3) is 0.333. The van der Waals surface area contributed by atoms with Crippen LogP contribution in [0.2, 0.25) is 0 Å². The van der Waals surface area contributed by atoms with Crippen molar-refractivity contribution < 1.29 is 10.0 Å². The fourth-order valence-corrected chi connectivity index (χ4v) is 0.641. The molecule has 3 N–H and O–H groups in total. The van der Waals surface area contributed by atoms with E-state index in [-0.39, 0.29) is 12.3 Å². The topological polar surface area (TPSA) is 89.4 Å². The van der Waals surface area contributed by atoms with E-state index in [1.165, 1.54) is 12.1 Å². The lowest BCUT2D eigenvalue weighted by atomic mass is 10.3. The molecule has 0 atom stereocenters. The Labute approximate surface area is 82.3 Å². The van der Waals surface area contributed by atoms with Gasteiger partial charge >= 0.3 is 0 Å². The average molecular weight is 198 g/mol. The maximum atomic E-state index is 10.0. The first kappa shape index (κ1) is 12.5. The summed E-state index contributed by atoms with van der Waals surface area (Å²) in [6.45, 7) is 0.812. The summed E-state index contributed by atoms with van der Waals surface area (Å²) >= 11 is 0. The quantitative estimate of drug-likeness (QED) is 0.558. The molecule has 0 aliphatic heterocycles. The summed E-state index contributed by atoms with van der Waals surface area (Å²) in [6.07, 6.45) is 0.722. The highest BCUT2D eigenvalue weighted by atomic mass is 16.6. The molecule has 1 aromatic carbocycles. The number of nitrogens with two attached hydrogens (primary N) is 1. The molecule has 0 heterocycles. The molecule has 78 valence electrons. The van der Waals surface area contributed by atoms with Crippen molar-refractivity contribution in [3.8, 4) is 0 Å². The molecule has 5 nitrogen and oxygen atoms in total. The van der Waals surface area contributed by atoms with Crippen molar-refractivity contribution >= 4 is 5.69 Å². The lowest BCUT2D eigenvalue weighted by Gasteiger charge is -1.85. The van der Waals surface area contributed by atoms with Crippen LogP contribution in [-0.2, 0) is 0 Å². The van der Waals surface area contributed by atoms with Gasteiger partial charge in [0.2, 0.25) is 0 Å². The van der Waals surface area contributed by atoms with Crippen LogP contribution in [0.25, 0.3) is 0 Å². The number of para-hydroxylation sites is 1. The largest absolute Gasteiger partial charge is 0.396 e. The summed E-state index contributed by atoms with van der Waals surface area (Å²) in [5, 5.41) is 18.0. The third-order valence-corrected chi connectivity index (χ3v) is 1.33. The van der Waals surface area contributed by atoms with Gasteiger partial charge in [-0.3, -0.25) is 10.1 Å². The van der Waals surface area contributed by atoms with E-state index in [9.17, 15) is 10.1 Å². The molecule has 14 heavy (non-hydrogen) atoms. The van der Waals surface area contributed by atoms with Gasteiger partial charge in [0, 0.05) is 18.7 Å². The van der Waals surface area contributed by atoms with Crippen LogP contribution in [0.5, 0.6) is 0 Å². The van der Waals surface area contributed by atoms with E-state index in [0.29, 0.717) is 6.54 Å². The Kier molecular flexibility index (Phi) is 7.30. The highest BCUT2D eigenvalue weighted by molar-refractivity contribution is 5.27. The molecule has 0 aliphatic rings. The number of benzene rings is 1. The molecule has 0 radical (unpaired) electrons. The van der Waals surface area contributed by atoms with E-state index in [4.69, 9.17) is 10.8 Å². The van der Waals surface area contributed by atoms with Gasteiger partial charge in [0.05, 0.1) is 4.92 Å². The van der Waals surface area contributed by atoms with Crippen molar-refractivity contribution in [3.05, 3.63) is 40.4 Å². The number of aliphatic hydroxyl groups excluding tert-OH is 1. The number of nitro benzene ring substituents is 1. The standard InChI is InChI=1S/C6H5NO2.C3H9NO/c8-7(9)6-4-2-1-3-5-6;4-2-1-3-5/h1-5H;5H,1-4H2. The Balaban J connectivity index is 0.000000292. The molecule has 0 fully saturated rings. The van der Waals surface area contributed by atoms with Gasteiger partial charge in [-0.15, -0.1) is 0 Å². The van der Waals surface area contributed by atoms with Gasteiger partial charge in [-0.05, 0) is 13.0 Å². The lowest BCUT2D eigenvalue weighted by molar-refractivity contribution is -0.384. The summed E-state index contributed by atoms with van der Waals surface area (Å²) < 4.78 is 0. The molecule has 0 aliphatic carbocycles. The minimum Gasteiger partial charge on any atom is -0.396 e. The number of non-ortho nitro benzene ring substituents is 1. The van der Waals surface area contributed by atoms with E-state index < -0.39 is 4.92 Å². The zero-order valence-electron chi connectivity index (χ0n) is 7.80. The van der Waals surface area contributed by atoms with Crippen LogP contribution in [0.1, 0.15) is 6.42 Å². The van der Waals surface area contributed by atoms with Crippen LogP contribution in [0.15, 0.2) is 30.3 Å². The highest BCUT2D eigenvalue weighted by Crippen LogP contribution is 2.06. The zero-order valence-corrected chi connectivity index (χ0v) is 7.80. The molecular weight excluding hydrogens is 184 g/mol. The van der Waals surface area contributed by atoms with E-state index in [2.05, 4.69) is 0 Å². The van der Waals surface area contributed by atoms with Gasteiger partial charge < -0.3 is 10.8 Å². The van der Waals surface area contributed by atoms with E-state index in [1.807, 2.05) is 0 Å². The molecule has 0 saturated heterocycles. The molecule has 0 spiro atoms. The number of nitro groups is 1. The Hall–Kier alpha value is -1.46. The Morgan fingerprint density at radius 2 is 1.93 bits per heavy atom. The Bertz CT molecular complexity index is 249. The SMILES string of the molecule is NCCCO.O=[N+]([O-])c1ccccc1. The molecule has 0 aromatic heterocycles. The molecule has 0 bridgehead atoms. The third-order valence-electron chi connectivity index (χ3n) is 1.33. The first-order valence-corrected chi connectivity index (χ1v) is 4.22. The summed E-state index contributed by atoms with van der Waals surface area (Å²) in [5.41, 5.74) is 5.12. The average Bonchev–Trinajstić information content (AvgIpc) is 2.21. The molecule has 0 unspecified atom stereocenters. The van der Waals surface area contributed by atoms with Crippen LogP contribution in [0, 0.1) is 10.1 Å². The smallest absolute Gasteiger partial charge is 0.269 e. The number of rotatable bonds is 3. The monoisotopic (exact) mass is 198 g/mol. The van der Waals surface area contributed by atoms with Gasteiger partial charge in [-0.2, -0.15) is 0 Å². The number of nitrogens with zero attached hydrogens (tertiary/aromatic N) is 1. The van der Waals surface area contributed by atoms with Gasteiger partial charge in [-0.25, -0.2) is 0 Å². The Morgan fingerprint density at radius 3 is 2.14 bits per heavy atom. The summed E-state index contributed by atoms with van der Waals surface area (Å²) in [7, 11) is 0. The molecule has 1 rings (SSSR count). The van der Waals surface area contributed by atoms with Gasteiger partial charge in [0.25, 0.3) is 5.69 Å². The third kappa shape index (κ3) is 6.10. The Morgan fingerprint density at radius 1 is 1.36 bits per heavy atom. The van der Waals surface area contributed by atoms with Crippen molar-refractivity contribution in [1.29, 1.82) is 0 Å². The zero-order chi connectivity index (χ0) is 10.8. The molecule has 5 heteroatoms. The summed E-state index contributed by atoms with van der Waals surface area (Å²) in [4.78, 5) is 9.59. The first-order chi connectivity index (χ1) is 6.72. The minimum atomic E-state index is -0.417. The fourth-order valence-electron chi connectivity index (χ4n) is 0.641. The van der Waals surface area contributed by atoms with Crippen LogP contribution < -0.4 is 5.73 Å². The normalized spacial score (nSPS) is 8.71. The van der Waals surface area contributed by atoms with Crippen molar-refractivity contribution in [1.82, 2.24) is 0 Å². The predicted octanol–water partition coefficient (Wildman–Crippen LogP) is 0.922. The summed E-state index contributed by atoms with van der Waals surface area (Å²) in [6, 6.07) is 7.93. The molecule has 0 saturated carbocycles. The molecular formula is C9H14N2O3. The van der Waals surface area contributed by atoms with Crippen LogP contribution in [0.4, 0.5) is 5.69 Å². The number of hydrogen-bond acceptors (Lipinski definition) is 4. The van der Waals surface area contributed by atoms with Crippen molar-refractivity contribution in [2.24, 2.45) is 5.73 Å². The van der Waals surface area contributed by atoms with Crippen LogP contribution in [-0.4, -0.2) is 23.2 Å². The second kappa shape index (κ2) is 8.15. The molecule has 1 aromatic rings. The second-order valence-corrected chi connectivity index (χ2v) is 2.46. The van der Waals surface area contributed by atoms with Gasteiger partial charge in [0.1, 0.15) is 0 Å². The van der Waals surface area contributed by atoms with Gasteiger partial charge in [-0.1, -0.05) is 18.2 Å². The van der Waals surface area contributed by atoms with E-state index >= 15 is 0 Å². The van der Waals surface area contributed by atoms with Crippen LogP contribution >= 0.6 is 0 Å². The van der Waals surface area contributed by atoms with Gasteiger partial charge in [0.15, 0.2) is 0 Å². The lowest BCUT2D eigenvalue weighted by Crippen LogP contribution is -1.99. The number of hydrogen-bond donors (Lipinski definition) is 2. The summed E-state index contributed by atoms with van der Waals surface area (Å²) in [5.74, 6) is 0. The number of aliphatic hydroxyl groups is 1.